The minimum Gasteiger partial charge on any atom is -0.511 e. The molecule has 200 valence electrons. The third-order valence-corrected chi connectivity index (χ3v) is 8.28. The van der Waals surface area contributed by atoms with Gasteiger partial charge in [0.25, 0.3) is 0 Å². The van der Waals surface area contributed by atoms with Gasteiger partial charge in [-0.2, -0.15) is 0 Å². The van der Waals surface area contributed by atoms with Gasteiger partial charge in [-0.1, -0.05) is 51.4 Å². The summed E-state index contributed by atoms with van der Waals surface area (Å²) in [6.45, 7) is 0. The standard InChI is InChI=1S/C26H36O10/c1-33-21(29)15-19(27)16(22(30)34-2)26-14-12-10-8-6-5-7-9-11-13-25(15,26)17(23(31)35-3)20(28)18(26)24(32)36-4/h15,18,27-28H,5-14H2,1-4H3/t15-,18-,25-,26-/m1/s1. The molecule has 0 heterocycles. The van der Waals surface area contributed by atoms with Crippen molar-refractivity contribution in [3.05, 3.63) is 22.7 Å². The third kappa shape index (κ3) is 3.85. The number of hydrogen-bond donors (Lipinski definition) is 2. The molecule has 2 N–H and O–H groups in total. The van der Waals surface area contributed by atoms with Crippen LogP contribution in [0, 0.1) is 22.7 Å². The Hall–Kier alpha value is -3.04. The second-order valence-electron chi connectivity index (χ2n) is 9.69. The quantitative estimate of drug-likeness (QED) is 0.428. The van der Waals surface area contributed by atoms with E-state index in [1.54, 1.807) is 0 Å². The van der Waals surface area contributed by atoms with Crippen molar-refractivity contribution in [1.29, 1.82) is 0 Å². The van der Waals surface area contributed by atoms with Gasteiger partial charge in [-0.25, -0.2) is 9.59 Å². The molecule has 0 bridgehead atoms. The van der Waals surface area contributed by atoms with Gasteiger partial charge in [0.05, 0.1) is 39.6 Å². The zero-order chi connectivity index (χ0) is 26.7. The second-order valence-corrected chi connectivity index (χ2v) is 9.69. The first-order valence-electron chi connectivity index (χ1n) is 12.4. The Morgan fingerprint density at radius 2 is 0.889 bits per heavy atom. The molecule has 3 aliphatic rings. The highest BCUT2D eigenvalue weighted by atomic mass is 16.5. The Kier molecular flexibility index (Phi) is 8.36. The van der Waals surface area contributed by atoms with Gasteiger partial charge in [0.15, 0.2) is 0 Å². The molecule has 0 aromatic carbocycles. The topological polar surface area (TPSA) is 146 Å². The van der Waals surface area contributed by atoms with Crippen LogP contribution in [-0.2, 0) is 38.1 Å². The van der Waals surface area contributed by atoms with Crippen LogP contribution in [0.25, 0.3) is 0 Å². The number of methoxy groups -OCH3 is 4. The molecular weight excluding hydrogens is 472 g/mol. The first-order chi connectivity index (χ1) is 17.2. The molecule has 0 radical (unpaired) electrons. The van der Waals surface area contributed by atoms with E-state index in [9.17, 15) is 29.4 Å². The van der Waals surface area contributed by atoms with Gasteiger partial charge >= 0.3 is 23.9 Å². The monoisotopic (exact) mass is 508 g/mol. The van der Waals surface area contributed by atoms with E-state index in [2.05, 4.69) is 0 Å². The van der Waals surface area contributed by atoms with Crippen LogP contribution in [-0.4, -0.2) is 62.5 Å². The van der Waals surface area contributed by atoms with Crippen molar-refractivity contribution in [3.63, 3.8) is 0 Å². The van der Waals surface area contributed by atoms with E-state index in [0.717, 1.165) is 67.0 Å². The minimum atomic E-state index is -1.69. The average molecular weight is 509 g/mol. The molecule has 10 heteroatoms. The van der Waals surface area contributed by atoms with Crippen LogP contribution in [0.3, 0.4) is 0 Å². The number of aliphatic hydroxyl groups is 2. The average Bonchev–Trinajstić information content (AvgIpc) is 3.20. The van der Waals surface area contributed by atoms with Crippen LogP contribution < -0.4 is 0 Å². The Morgan fingerprint density at radius 3 is 1.17 bits per heavy atom. The number of aliphatic hydroxyl groups excluding tert-OH is 2. The summed E-state index contributed by atoms with van der Waals surface area (Å²) < 4.78 is 20.2. The van der Waals surface area contributed by atoms with Crippen LogP contribution in [0.4, 0.5) is 0 Å². The largest absolute Gasteiger partial charge is 0.511 e. The molecule has 0 spiro atoms. The maximum atomic E-state index is 13.3. The molecule has 0 saturated heterocycles. The van der Waals surface area contributed by atoms with Crippen LogP contribution in [0.15, 0.2) is 22.7 Å². The number of hydrogen-bond acceptors (Lipinski definition) is 10. The van der Waals surface area contributed by atoms with Crippen molar-refractivity contribution in [2.24, 2.45) is 22.7 Å². The molecular formula is C26H36O10. The zero-order valence-corrected chi connectivity index (χ0v) is 21.4. The number of esters is 4. The van der Waals surface area contributed by atoms with Crippen molar-refractivity contribution in [1.82, 2.24) is 0 Å². The smallest absolute Gasteiger partial charge is 0.337 e. The number of carbonyl (C=O) groups excluding carboxylic acids is 4. The minimum absolute atomic E-state index is 0.110. The van der Waals surface area contributed by atoms with Gasteiger partial charge in [-0.15, -0.1) is 0 Å². The fraction of sp³-hybridized carbons (Fsp3) is 0.692. The summed E-state index contributed by atoms with van der Waals surface area (Å²) in [5, 5.41) is 23.0. The first kappa shape index (κ1) is 27.5. The fourth-order valence-corrected chi connectivity index (χ4v) is 6.95. The normalized spacial score (nSPS) is 30.9. The summed E-state index contributed by atoms with van der Waals surface area (Å²) in [7, 11) is 4.51. The third-order valence-electron chi connectivity index (χ3n) is 8.28. The summed E-state index contributed by atoms with van der Waals surface area (Å²) in [4.78, 5) is 53.2. The van der Waals surface area contributed by atoms with Crippen molar-refractivity contribution in [3.8, 4) is 0 Å². The fourth-order valence-electron chi connectivity index (χ4n) is 6.95. The lowest BCUT2D eigenvalue weighted by Crippen LogP contribution is -2.51. The Balaban J connectivity index is 2.48. The molecule has 0 aliphatic heterocycles. The van der Waals surface area contributed by atoms with Gasteiger partial charge in [0.1, 0.15) is 23.4 Å². The van der Waals surface area contributed by atoms with E-state index in [0.29, 0.717) is 12.8 Å². The van der Waals surface area contributed by atoms with Crippen molar-refractivity contribution in [2.75, 3.05) is 28.4 Å². The van der Waals surface area contributed by atoms with Crippen LogP contribution >= 0.6 is 0 Å². The summed E-state index contributed by atoms with van der Waals surface area (Å²) in [5.74, 6) is -8.02. The van der Waals surface area contributed by atoms with E-state index in [4.69, 9.17) is 18.9 Å². The van der Waals surface area contributed by atoms with Gasteiger partial charge in [0, 0.05) is 10.8 Å². The number of ether oxygens (including phenoxy) is 4. The second kappa shape index (κ2) is 10.9. The number of carbonyl (C=O) groups is 4. The van der Waals surface area contributed by atoms with E-state index in [-0.39, 0.29) is 24.0 Å². The highest BCUT2D eigenvalue weighted by Gasteiger charge is 2.79. The van der Waals surface area contributed by atoms with Gasteiger partial charge in [-0.3, -0.25) is 9.59 Å². The van der Waals surface area contributed by atoms with Crippen molar-refractivity contribution < 1.29 is 48.3 Å². The van der Waals surface area contributed by atoms with Crippen LogP contribution in [0.2, 0.25) is 0 Å². The lowest BCUT2D eigenvalue weighted by Gasteiger charge is -2.47. The lowest BCUT2D eigenvalue weighted by atomic mass is 9.52. The molecule has 1 saturated carbocycles. The zero-order valence-electron chi connectivity index (χ0n) is 21.4. The van der Waals surface area contributed by atoms with Gasteiger partial charge < -0.3 is 29.2 Å². The number of rotatable bonds is 4. The molecule has 0 unspecified atom stereocenters. The van der Waals surface area contributed by atoms with Crippen LogP contribution in [0.1, 0.15) is 64.2 Å². The SMILES string of the molecule is COC(=O)C1=C(O)[C@H](C(=O)OC)[C@]23CCCCCCCCCC[C@@]12[C@@H](C(=O)OC)C(O)=C3C(=O)OC. The van der Waals surface area contributed by atoms with Crippen LogP contribution in [0.5, 0.6) is 0 Å². The molecule has 3 rings (SSSR count). The molecule has 1 fully saturated rings. The Bertz CT molecular complexity index is 901. The lowest BCUT2D eigenvalue weighted by molar-refractivity contribution is -0.159. The van der Waals surface area contributed by atoms with Crippen molar-refractivity contribution in [2.45, 2.75) is 64.2 Å². The summed E-state index contributed by atoms with van der Waals surface area (Å²) in [6, 6.07) is 0. The summed E-state index contributed by atoms with van der Waals surface area (Å²) in [5.41, 5.74) is -4.00. The predicted octanol–water partition coefficient (Wildman–Crippen LogP) is 3.45. The first-order valence-corrected chi connectivity index (χ1v) is 12.4. The van der Waals surface area contributed by atoms with Gasteiger partial charge in [-0.05, 0) is 12.8 Å². The van der Waals surface area contributed by atoms with E-state index in [1.165, 1.54) is 0 Å². The highest BCUT2D eigenvalue weighted by Crippen LogP contribution is 2.74. The molecule has 3 aliphatic carbocycles. The maximum Gasteiger partial charge on any atom is 0.337 e. The molecule has 0 amide bonds. The summed E-state index contributed by atoms with van der Waals surface area (Å²) in [6.07, 6.45) is 6.61. The highest BCUT2D eigenvalue weighted by molar-refractivity contribution is 6.03. The van der Waals surface area contributed by atoms with E-state index >= 15 is 0 Å². The Morgan fingerprint density at radius 1 is 0.583 bits per heavy atom. The predicted molar refractivity (Wildman–Crippen MR) is 125 cm³/mol. The van der Waals surface area contributed by atoms with Crippen molar-refractivity contribution >= 4 is 23.9 Å². The van der Waals surface area contributed by atoms with E-state index < -0.39 is 58.1 Å². The molecule has 4 atom stereocenters. The maximum absolute atomic E-state index is 13.3. The van der Waals surface area contributed by atoms with E-state index in [1.807, 2.05) is 0 Å². The molecule has 0 aromatic rings. The molecule has 10 nitrogen and oxygen atoms in total. The van der Waals surface area contributed by atoms with Gasteiger partial charge in [0.2, 0.25) is 0 Å². The molecule has 36 heavy (non-hydrogen) atoms. The molecule has 0 aromatic heterocycles. The summed E-state index contributed by atoms with van der Waals surface area (Å²) >= 11 is 0. The Labute approximate surface area is 210 Å².